The molecule has 0 unspecified atom stereocenters. The van der Waals surface area contributed by atoms with Crippen LogP contribution >= 0.6 is 0 Å². The number of H-pyrrole nitrogens is 1. The molecule has 2 heterocycles. The number of rotatable bonds is 7. The largest absolute Gasteiger partial charge is 0.366 e. The van der Waals surface area contributed by atoms with Gasteiger partial charge in [0.1, 0.15) is 5.69 Å². The summed E-state index contributed by atoms with van der Waals surface area (Å²) in [5.74, 6) is 0.136. The number of amides is 2. The van der Waals surface area contributed by atoms with Gasteiger partial charge in [-0.05, 0) is 68.1 Å². The van der Waals surface area contributed by atoms with Crippen LogP contribution in [0, 0.1) is 5.92 Å². The molecule has 2 amide bonds. The van der Waals surface area contributed by atoms with E-state index in [2.05, 4.69) is 45.5 Å². The zero-order valence-electron chi connectivity index (χ0n) is 17.1. The van der Waals surface area contributed by atoms with Crippen LogP contribution in [0.3, 0.4) is 0 Å². The minimum Gasteiger partial charge on any atom is -0.366 e. The van der Waals surface area contributed by atoms with Crippen molar-refractivity contribution in [3.8, 4) is 0 Å². The predicted octanol–water partition coefficient (Wildman–Crippen LogP) is 2.95. The predicted molar refractivity (Wildman–Crippen MR) is 118 cm³/mol. The number of piperidine rings is 1. The Morgan fingerprint density at radius 3 is 2.57 bits per heavy atom. The van der Waals surface area contributed by atoms with Crippen molar-refractivity contribution in [2.24, 2.45) is 11.7 Å². The third-order valence-electron chi connectivity index (χ3n) is 5.94. The average molecular weight is 405 g/mol. The van der Waals surface area contributed by atoms with E-state index in [0.717, 1.165) is 42.9 Å². The van der Waals surface area contributed by atoms with E-state index in [-0.39, 0.29) is 5.91 Å². The molecule has 4 N–H and O–H groups in total. The van der Waals surface area contributed by atoms with E-state index in [4.69, 9.17) is 5.73 Å². The maximum absolute atomic E-state index is 12.5. The first-order valence-electron chi connectivity index (χ1n) is 10.6. The molecule has 1 fully saturated rings. The number of benzene rings is 2. The molecule has 2 aromatic carbocycles. The van der Waals surface area contributed by atoms with Crippen LogP contribution in [0.1, 0.15) is 39.3 Å². The van der Waals surface area contributed by atoms with Gasteiger partial charge in [0.15, 0.2) is 0 Å². The number of likely N-dealkylation sites (tertiary alicyclic amines) is 1. The van der Waals surface area contributed by atoms with Gasteiger partial charge < -0.3 is 20.9 Å². The van der Waals surface area contributed by atoms with Crippen LogP contribution in [-0.4, -0.2) is 47.9 Å². The summed E-state index contributed by atoms with van der Waals surface area (Å²) in [5.41, 5.74) is 8.48. The van der Waals surface area contributed by atoms with E-state index in [9.17, 15) is 9.59 Å². The van der Waals surface area contributed by atoms with E-state index in [1.165, 1.54) is 18.4 Å². The topological polar surface area (TPSA) is 91.2 Å². The number of fused-ring (bicyclic) bond motifs is 1. The summed E-state index contributed by atoms with van der Waals surface area (Å²) in [6, 6.07) is 17.6. The number of nitrogens with zero attached hydrogens (tertiary/aromatic N) is 1. The number of hydrogen-bond donors (Lipinski definition) is 3. The lowest BCUT2D eigenvalue weighted by atomic mass is 9.90. The summed E-state index contributed by atoms with van der Waals surface area (Å²) >= 11 is 0. The second kappa shape index (κ2) is 9.13. The van der Waals surface area contributed by atoms with Crippen molar-refractivity contribution in [1.82, 2.24) is 15.2 Å². The van der Waals surface area contributed by atoms with Crippen molar-refractivity contribution in [2.45, 2.75) is 19.3 Å². The molecule has 1 saturated heterocycles. The van der Waals surface area contributed by atoms with Gasteiger partial charge in [0.05, 0.1) is 0 Å². The number of aromatic nitrogens is 1. The van der Waals surface area contributed by atoms with Crippen LogP contribution in [0.15, 0.2) is 54.6 Å². The molecule has 1 aromatic heterocycles. The molecule has 0 aliphatic carbocycles. The van der Waals surface area contributed by atoms with E-state index < -0.39 is 5.91 Å². The Bertz CT molecular complexity index is 1020. The van der Waals surface area contributed by atoms with Crippen molar-refractivity contribution in [3.63, 3.8) is 0 Å². The van der Waals surface area contributed by atoms with E-state index in [1.807, 2.05) is 0 Å². The quantitative estimate of drug-likeness (QED) is 0.565. The summed E-state index contributed by atoms with van der Waals surface area (Å²) < 4.78 is 0. The molecule has 0 bridgehead atoms. The number of nitrogens with two attached hydrogens (primary N) is 1. The van der Waals surface area contributed by atoms with Crippen molar-refractivity contribution < 1.29 is 9.59 Å². The summed E-state index contributed by atoms with van der Waals surface area (Å²) in [6.07, 6.45) is 3.56. The fraction of sp³-hybridized carbons (Fsp3) is 0.333. The number of primary amides is 1. The van der Waals surface area contributed by atoms with Crippen molar-refractivity contribution in [1.29, 1.82) is 0 Å². The van der Waals surface area contributed by atoms with Gasteiger partial charge >= 0.3 is 0 Å². The maximum atomic E-state index is 12.5. The molecule has 0 radical (unpaired) electrons. The molecule has 1 aliphatic heterocycles. The third kappa shape index (κ3) is 4.89. The highest BCUT2D eigenvalue weighted by Gasteiger charge is 2.19. The number of carbonyl (C=O) groups is 2. The fourth-order valence-corrected chi connectivity index (χ4v) is 4.19. The summed E-state index contributed by atoms with van der Waals surface area (Å²) in [6.45, 7) is 3.63. The molecule has 156 valence electrons. The second-order valence-electron chi connectivity index (χ2n) is 8.08. The third-order valence-corrected chi connectivity index (χ3v) is 5.94. The minimum absolute atomic E-state index is 0.134. The van der Waals surface area contributed by atoms with Gasteiger partial charge in [0.2, 0.25) is 5.91 Å². The lowest BCUT2D eigenvalue weighted by Gasteiger charge is -2.32. The molecule has 4 rings (SSSR count). The van der Waals surface area contributed by atoms with Gasteiger partial charge in [0, 0.05) is 29.6 Å². The Hall–Kier alpha value is -3.12. The molecule has 6 heteroatoms. The lowest BCUT2D eigenvalue weighted by molar-refractivity contribution is 0.0938. The summed E-state index contributed by atoms with van der Waals surface area (Å²) in [5, 5.41) is 3.79. The van der Waals surface area contributed by atoms with Crippen molar-refractivity contribution >= 4 is 22.7 Å². The van der Waals surface area contributed by atoms with Crippen LogP contribution in [-0.2, 0) is 6.42 Å². The van der Waals surface area contributed by atoms with Crippen LogP contribution < -0.4 is 11.1 Å². The molecule has 3 aromatic rings. The molecule has 30 heavy (non-hydrogen) atoms. The molecule has 0 saturated carbocycles. The second-order valence-corrected chi connectivity index (χ2v) is 8.08. The zero-order valence-corrected chi connectivity index (χ0v) is 17.1. The first kappa shape index (κ1) is 20.2. The first-order valence-corrected chi connectivity index (χ1v) is 10.6. The SMILES string of the molecule is NC(=O)c1ccc2[nH]c(C(=O)NCCN3CCC(Cc4ccccc4)CC3)cc2c1. The monoisotopic (exact) mass is 404 g/mol. The normalized spacial score (nSPS) is 15.3. The fourth-order valence-electron chi connectivity index (χ4n) is 4.19. The van der Waals surface area contributed by atoms with Gasteiger partial charge in [-0.1, -0.05) is 30.3 Å². The number of aromatic amines is 1. The van der Waals surface area contributed by atoms with Gasteiger partial charge in [-0.15, -0.1) is 0 Å². The number of hydrogen-bond acceptors (Lipinski definition) is 3. The molecule has 1 aliphatic rings. The first-order chi connectivity index (χ1) is 14.6. The standard InChI is InChI=1S/C24H28N4O2/c25-23(29)19-6-7-21-20(15-19)16-22(27-21)24(30)26-10-13-28-11-8-18(9-12-28)14-17-4-2-1-3-5-17/h1-7,15-16,18,27H,8-14H2,(H2,25,29)(H,26,30). The Kier molecular flexibility index (Phi) is 6.14. The minimum atomic E-state index is -0.475. The van der Waals surface area contributed by atoms with Gasteiger partial charge in [-0.2, -0.15) is 0 Å². The zero-order chi connectivity index (χ0) is 20.9. The smallest absolute Gasteiger partial charge is 0.267 e. The molecule has 0 atom stereocenters. The van der Waals surface area contributed by atoms with E-state index in [0.29, 0.717) is 17.8 Å². The lowest BCUT2D eigenvalue weighted by Crippen LogP contribution is -2.40. The highest BCUT2D eigenvalue weighted by Crippen LogP contribution is 2.21. The number of carbonyl (C=O) groups excluding carboxylic acids is 2. The maximum Gasteiger partial charge on any atom is 0.267 e. The van der Waals surface area contributed by atoms with Crippen LogP contribution in [0.2, 0.25) is 0 Å². The average Bonchev–Trinajstić information content (AvgIpc) is 3.19. The van der Waals surface area contributed by atoms with Gasteiger partial charge in [-0.25, -0.2) is 0 Å². The van der Waals surface area contributed by atoms with Crippen LogP contribution in [0.25, 0.3) is 10.9 Å². The Morgan fingerprint density at radius 2 is 1.83 bits per heavy atom. The molecule has 0 spiro atoms. The van der Waals surface area contributed by atoms with Crippen LogP contribution in [0.5, 0.6) is 0 Å². The van der Waals surface area contributed by atoms with E-state index >= 15 is 0 Å². The number of nitrogens with one attached hydrogen (secondary N) is 2. The Morgan fingerprint density at radius 1 is 1.07 bits per heavy atom. The van der Waals surface area contributed by atoms with E-state index in [1.54, 1.807) is 24.3 Å². The molecular weight excluding hydrogens is 376 g/mol. The highest BCUT2D eigenvalue weighted by molar-refractivity contribution is 6.01. The Balaban J connectivity index is 1.22. The Labute approximate surface area is 176 Å². The van der Waals surface area contributed by atoms with Crippen molar-refractivity contribution in [3.05, 3.63) is 71.4 Å². The van der Waals surface area contributed by atoms with Gasteiger partial charge in [-0.3, -0.25) is 9.59 Å². The van der Waals surface area contributed by atoms with Gasteiger partial charge in [0.25, 0.3) is 5.91 Å². The van der Waals surface area contributed by atoms with Crippen molar-refractivity contribution in [2.75, 3.05) is 26.2 Å². The molecule has 6 nitrogen and oxygen atoms in total. The molecular formula is C24H28N4O2. The van der Waals surface area contributed by atoms with Crippen LogP contribution in [0.4, 0.5) is 0 Å². The summed E-state index contributed by atoms with van der Waals surface area (Å²) in [7, 11) is 0. The highest BCUT2D eigenvalue weighted by atomic mass is 16.2. The summed E-state index contributed by atoms with van der Waals surface area (Å²) in [4.78, 5) is 29.3.